The lowest BCUT2D eigenvalue weighted by atomic mass is 9.99. The fourth-order valence-corrected chi connectivity index (χ4v) is 3.11. The maximum atomic E-state index is 2.25. The van der Waals surface area contributed by atoms with Gasteiger partial charge in [0.2, 0.25) is 0 Å². The van der Waals surface area contributed by atoms with Crippen molar-refractivity contribution in [2.75, 3.05) is 0 Å². The summed E-state index contributed by atoms with van der Waals surface area (Å²) in [5.41, 5.74) is 4.86. The molecule has 0 N–H and O–H groups in total. The van der Waals surface area contributed by atoms with Gasteiger partial charge in [-0.05, 0) is 45.2 Å². The summed E-state index contributed by atoms with van der Waals surface area (Å²) >= 11 is 0. The molecule has 26 heavy (non-hydrogen) atoms. The quantitative estimate of drug-likeness (QED) is 0.347. The number of hydrogen-bond donors (Lipinski definition) is 0. The highest BCUT2D eigenvalue weighted by molar-refractivity contribution is 5.95. The van der Waals surface area contributed by atoms with E-state index in [9.17, 15) is 0 Å². The fourth-order valence-electron chi connectivity index (χ4n) is 3.11. The topological polar surface area (TPSA) is 0 Å². The van der Waals surface area contributed by atoms with E-state index in [1.807, 2.05) is 12.1 Å². The number of hydrogen-bond acceptors (Lipinski definition) is 0. The Kier molecular flexibility index (Phi) is 4.75. The highest BCUT2D eigenvalue weighted by Crippen LogP contribution is 2.24. The van der Waals surface area contributed by atoms with Crippen LogP contribution in [0.15, 0.2) is 97.1 Å². The summed E-state index contributed by atoms with van der Waals surface area (Å²) in [4.78, 5) is 0. The molecule has 0 aliphatic rings. The second kappa shape index (κ2) is 7.67. The van der Waals surface area contributed by atoms with Crippen molar-refractivity contribution in [2.24, 2.45) is 0 Å². The third-order valence-electron chi connectivity index (χ3n) is 4.44. The lowest BCUT2D eigenvalue weighted by Gasteiger charge is -2.05. The predicted molar refractivity (Wildman–Crippen MR) is 115 cm³/mol. The van der Waals surface area contributed by atoms with Gasteiger partial charge in [-0.3, -0.25) is 0 Å². The Morgan fingerprint density at radius 3 is 1.65 bits per heavy atom. The van der Waals surface area contributed by atoms with Gasteiger partial charge in [0.05, 0.1) is 0 Å². The molecule has 4 aromatic rings. The van der Waals surface area contributed by atoms with Crippen LogP contribution in [0.3, 0.4) is 0 Å². The molecule has 0 aliphatic heterocycles. The SMILES string of the molecule is C(=Cc1cc(C=Cc2ccccc2)c2ccccc2c1)c1ccccc1. The zero-order valence-corrected chi connectivity index (χ0v) is 14.5. The van der Waals surface area contributed by atoms with Gasteiger partial charge >= 0.3 is 0 Å². The summed E-state index contributed by atoms with van der Waals surface area (Å²) in [5, 5.41) is 2.53. The average molecular weight is 332 g/mol. The molecular formula is C26H20. The van der Waals surface area contributed by atoms with Gasteiger partial charge in [-0.2, -0.15) is 0 Å². The van der Waals surface area contributed by atoms with Gasteiger partial charge in [0.15, 0.2) is 0 Å². The molecule has 0 heterocycles. The molecule has 4 aromatic carbocycles. The zero-order valence-electron chi connectivity index (χ0n) is 14.5. The van der Waals surface area contributed by atoms with Crippen LogP contribution in [0, 0.1) is 0 Å². The smallest absolute Gasteiger partial charge is 0.0111 e. The van der Waals surface area contributed by atoms with Gasteiger partial charge in [-0.1, -0.05) is 109 Å². The van der Waals surface area contributed by atoms with Crippen molar-refractivity contribution in [2.45, 2.75) is 0 Å². The summed E-state index contributed by atoms with van der Waals surface area (Å²) in [6.07, 6.45) is 8.72. The Hall–Kier alpha value is -3.38. The monoisotopic (exact) mass is 332 g/mol. The first-order chi connectivity index (χ1) is 12.9. The van der Waals surface area contributed by atoms with E-state index in [0.717, 1.165) is 0 Å². The van der Waals surface area contributed by atoms with Gasteiger partial charge < -0.3 is 0 Å². The van der Waals surface area contributed by atoms with Gasteiger partial charge in [-0.15, -0.1) is 0 Å². The molecule has 0 fully saturated rings. The van der Waals surface area contributed by atoms with Crippen LogP contribution in [0.1, 0.15) is 22.3 Å². The summed E-state index contributed by atoms with van der Waals surface area (Å²) < 4.78 is 0. The molecule has 0 atom stereocenters. The molecule has 0 radical (unpaired) electrons. The van der Waals surface area contributed by atoms with Crippen molar-refractivity contribution in [1.29, 1.82) is 0 Å². The Morgan fingerprint density at radius 2 is 0.962 bits per heavy atom. The van der Waals surface area contributed by atoms with Crippen LogP contribution in [0.5, 0.6) is 0 Å². The van der Waals surface area contributed by atoms with Crippen LogP contribution < -0.4 is 0 Å². The molecule has 0 unspecified atom stereocenters. The largest absolute Gasteiger partial charge is 0.0622 e. The molecular weight excluding hydrogens is 312 g/mol. The zero-order chi connectivity index (χ0) is 17.6. The number of rotatable bonds is 4. The molecule has 0 saturated carbocycles. The summed E-state index contributed by atoms with van der Waals surface area (Å²) in [6.45, 7) is 0. The van der Waals surface area contributed by atoms with Crippen LogP contribution in [-0.2, 0) is 0 Å². The van der Waals surface area contributed by atoms with Crippen molar-refractivity contribution >= 4 is 35.1 Å². The Balaban J connectivity index is 1.74. The Morgan fingerprint density at radius 1 is 0.423 bits per heavy atom. The highest BCUT2D eigenvalue weighted by atomic mass is 14.0. The number of fused-ring (bicyclic) bond motifs is 1. The van der Waals surface area contributed by atoms with E-state index in [2.05, 4.69) is 109 Å². The Bertz CT molecular complexity index is 1050. The second-order valence-corrected chi connectivity index (χ2v) is 6.32. The molecule has 0 bridgehead atoms. The molecule has 0 nitrogen and oxygen atoms in total. The van der Waals surface area contributed by atoms with Crippen molar-refractivity contribution in [3.8, 4) is 0 Å². The summed E-state index contributed by atoms with van der Waals surface area (Å²) in [7, 11) is 0. The lowest BCUT2D eigenvalue weighted by molar-refractivity contribution is 1.65. The van der Waals surface area contributed by atoms with Crippen LogP contribution in [0.4, 0.5) is 0 Å². The molecule has 0 heteroatoms. The molecule has 0 amide bonds. The lowest BCUT2D eigenvalue weighted by Crippen LogP contribution is -1.82. The maximum absolute atomic E-state index is 2.25. The molecule has 124 valence electrons. The first-order valence-electron chi connectivity index (χ1n) is 8.87. The van der Waals surface area contributed by atoms with Gasteiger partial charge in [-0.25, -0.2) is 0 Å². The Labute approximate surface area is 154 Å². The summed E-state index contributed by atoms with van der Waals surface area (Å²) in [6, 6.07) is 33.9. The third-order valence-corrected chi connectivity index (χ3v) is 4.44. The standard InChI is InChI=1S/C26H20/c1-3-9-21(10-4-1)15-16-23-19-24-13-7-8-14-26(24)25(20-23)18-17-22-11-5-2-6-12-22/h1-20H. The van der Waals surface area contributed by atoms with Crippen LogP contribution >= 0.6 is 0 Å². The van der Waals surface area contributed by atoms with Crippen molar-refractivity contribution in [1.82, 2.24) is 0 Å². The predicted octanol–water partition coefficient (Wildman–Crippen LogP) is 7.18. The normalized spacial score (nSPS) is 11.5. The molecule has 0 saturated heterocycles. The first-order valence-corrected chi connectivity index (χ1v) is 8.87. The second-order valence-electron chi connectivity index (χ2n) is 6.32. The molecule has 0 aromatic heterocycles. The van der Waals surface area contributed by atoms with Crippen molar-refractivity contribution in [3.63, 3.8) is 0 Å². The minimum Gasteiger partial charge on any atom is -0.0622 e. The van der Waals surface area contributed by atoms with Crippen LogP contribution in [0.25, 0.3) is 35.1 Å². The van der Waals surface area contributed by atoms with E-state index in [1.54, 1.807) is 0 Å². The van der Waals surface area contributed by atoms with Crippen LogP contribution in [0.2, 0.25) is 0 Å². The minimum absolute atomic E-state index is 1.21. The van der Waals surface area contributed by atoms with Crippen LogP contribution in [-0.4, -0.2) is 0 Å². The molecule has 4 rings (SSSR count). The van der Waals surface area contributed by atoms with E-state index >= 15 is 0 Å². The maximum Gasteiger partial charge on any atom is -0.0111 e. The number of benzene rings is 4. The van der Waals surface area contributed by atoms with Crippen molar-refractivity contribution < 1.29 is 0 Å². The van der Waals surface area contributed by atoms with E-state index in [4.69, 9.17) is 0 Å². The van der Waals surface area contributed by atoms with Gasteiger partial charge in [0.1, 0.15) is 0 Å². The molecule has 0 spiro atoms. The first kappa shape index (κ1) is 16.1. The van der Waals surface area contributed by atoms with E-state index < -0.39 is 0 Å². The van der Waals surface area contributed by atoms with E-state index in [0.29, 0.717) is 0 Å². The average Bonchev–Trinajstić information content (AvgIpc) is 2.72. The third kappa shape index (κ3) is 3.81. The van der Waals surface area contributed by atoms with E-state index in [-0.39, 0.29) is 0 Å². The van der Waals surface area contributed by atoms with E-state index in [1.165, 1.54) is 33.0 Å². The molecule has 0 aliphatic carbocycles. The highest BCUT2D eigenvalue weighted by Gasteiger charge is 2.00. The summed E-state index contributed by atoms with van der Waals surface area (Å²) in [5.74, 6) is 0. The van der Waals surface area contributed by atoms with Gasteiger partial charge in [0.25, 0.3) is 0 Å². The minimum atomic E-state index is 1.21. The van der Waals surface area contributed by atoms with Crippen molar-refractivity contribution in [3.05, 3.63) is 119 Å². The fraction of sp³-hybridized carbons (Fsp3) is 0. The van der Waals surface area contributed by atoms with Gasteiger partial charge in [0, 0.05) is 0 Å².